The zero-order valence-corrected chi connectivity index (χ0v) is 9.03. The molecule has 0 saturated heterocycles. The van der Waals surface area contributed by atoms with E-state index in [2.05, 4.69) is 0 Å². The molecule has 0 unspecified atom stereocenters. The fourth-order valence-corrected chi connectivity index (χ4v) is 1.59. The van der Waals surface area contributed by atoms with Crippen molar-refractivity contribution in [2.75, 3.05) is 14.2 Å². The fourth-order valence-electron chi connectivity index (χ4n) is 1.37. The molecule has 0 bridgehead atoms. The number of rotatable bonds is 2. The Labute approximate surface area is 83.4 Å². The maximum Gasteiger partial charge on any atom is 0.138 e. The van der Waals surface area contributed by atoms with E-state index in [1.165, 1.54) is 0 Å². The van der Waals surface area contributed by atoms with Crippen molar-refractivity contribution in [1.29, 1.82) is 0 Å². The Morgan fingerprint density at radius 2 is 1.77 bits per heavy atom. The van der Waals surface area contributed by atoms with Crippen molar-refractivity contribution in [2.24, 2.45) is 0 Å². The molecule has 0 aliphatic rings. The largest absolute Gasteiger partial charge is 0.496 e. The van der Waals surface area contributed by atoms with Crippen molar-refractivity contribution in [3.05, 3.63) is 22.2 Å². The molecule has 0 aromatic heterocycles. The SMILES string of the molecule is COc1cc(C)c(OC)c(C)c1Cl. The van der Waals surface area contributed by atoms with E-state index >= 15 is 0 Å². The summed E-state index contributed by atoms with van der Waals surface area (Å²) in [5.41, 5.74) is 1.95. The van der Waals surface area contributed by atoms with Crippen LogP contribution in [0, 0.1) is 13.8 Å². The summed E-state index contributed by atoms with van der Waals surface area (Å²) in [7, 11) is 3.24. The second-order valence-corrected chi connectivity index (χ2v) is 3.25. The Morgan fingerprint density at radius 3 is 2.23 bits per heavy atom. The number of aryl methyl sites for hydroxylation is 1. The van der Waals surface area contributed by atoms with Crippen LogP contribution in [0.2, 0.25) is 5.02 Å². The van der Waals surface area contributed by atoms with E-state index in [-0.39, 0.29) is 0 Å². The predicted molar refractivity (Wildman–Crippen MR) is 54.0 cm³/mol. The van der Waals surface area contributed by atoms with Crippen LogP contribution in [0.5, 0.6) is 11.5 Å². The number of hydrogen-bond acceptors (Lipinski definition) is 2. The van der Waals surface area contributed by atoms with E-state index < -0.39 is 0 Å². The monoisotopic (exact) mass is 200 g/mol. The van der Waals surface area contributed by atoms with Crippen LogP contribution in [-0.4, -0.2) is 14.2 Å². The Balaban J connectivity index is 3.37. The normalized spacial score (nSPS) is 9.92. The molecule has 13 heavy (non-hydrogen) atoms. The van der Waals surface area contributed by atoms with Crippen LogP contribution in [0.15, 0.2) is 6.07 Å². The van der Waals surface area contributed by atoms with Crippen LogP contribution in [0.4, 0.5) is 0 Å². The van der Waals surface area contributed by atoms with Gasteiger partial charge in [-0.1, -0.05) is 11.6 Å². The van der Waals surface area contributed by atoms with Gasteiger partial charge in [0, 0.05) is 5.56 Å². The average molecular weight is 201 g/mol. The summed E-state index contributed by atoms with van der Waals surface area (Å²) in [4.78, 5) is 0. The van der Waals surface area contributed by atoms with Crippen LogP contribution >= 0.6 is 11.6 Å². The predicted octanol–water partition coefficient (Wildman–Crippen LogP) is 2.97. The lowest BCUT2D eigenvalue weighted by Gasteiger charge is -2.12. The third kappa shape index (κ3) is 1.73. The molecule has 1 aromatic carbocycles. The lowest BCUT2D eigenvalue weighted by Crippen LogP contribution is -1.94. The summed E-state index contributed by atoms with van der Waals surface area (Å²) in [5.74, 6) is 1.52. The first-order valence-electron chi connectivity index (χ1n) is 3.99. The topological polar surface area (TPSA) is 18.5 Å². The van der Waals surface area contributed by atoms with Gasteiger partial charge in [-0.2, -0.15) is 0 Å². The highest BCUT2D eigenvalue weighted by Crippen LogP contribution is 2.36. The minimum absolute atomic E-state index is 0.616. The first kappa shape index (κ1) is 10.2. The van der Waals surface area contributed by atoms with Crippen LogP contribution in [0.25, 0.3) is 0 Å². The lowest BCUT2D eigenvalue weighted by atomic mass is 10.1. The molecule has 2 nitrogen and oxygen atoms in total. The van der Waals surface area contributed by atoms with Crippen LogP contribution in [-0.2, 0) is 0 Å². The summed E-state index contributed by atoms with van der Waals surface area (Å²) < 4.78 is 10.3. The third-order valence-corrected chi connectivity index (χ3v) is 2.49. The van der Waals surface area contributed by atoms with Gasteiger partial charge in [-0.05, 0) is 25.5 Å². The summed E-state index contributed by atoms with van der Waals surface area (Å²) in [6.45, 7) is 3.88. The highest BCUT2D eigenvalue weighted by molar-refractivity contribution is 6.33. The van der Waals surface area contributed by atoms with Gasteiger partial charge >= 0.3 is 0 Å². The molecule has 0 fully saturated rings. The van der Waals surface area contributed by atoms with Gasteiger partial charge in [-0.3, -0.25) is 0 Å². The average Bonchev–Trinajstić information content (AvgIpc) is 2.12. The molecule has 1 aromatic rings. The summed E-state index contributed by atoms with van der Waals surface area (Å²) >= 11 is 6.04. The van der Waals surface area contributed by atoms with Crippen molar-refractivity contribution in [2.45, 2.75) is 13.8 Å². The van der Waals surface area contributed by atoms with E-state index in [0.29, 0.717) is 10.8 Å². The molecular formula is C10H13ClO2. The van der Waals surface area contributed by atoms with Crippen molar-refractivity contribution in [3.63, 3.8) is 0 Å². The molecule has 0 aliphatic heterocycles. The van der Waals surface area contributed by atoms with Gasteiger partial charge in [0.05, 0.1) is 19.2 Å². The van der Waals surface area contributed by atoms with Crippen molar-refractivity contribution >= 4 is 11.6 Å². The van der Waals surface area contributed by atoms with Gasteiger partial charge in [-0.15, -0.1) is 0 Å². The van der Waals surface area contributed by atoms with Gasteiger partial charge in [0.2, 0.25) is 0 Å². The molecular weight excluding hydrogens is 188 g/mol. The van der Waals surface area contributed by atoms with E-state index in [9.17, 15) is 0 Å². The maximum absolute atomic E-state index is 6.04. The van der Waals surface area contributed by atoms with E-state index in [1.54, 1.807) is 14.2 Å². The third-order valence-electron chi connectivity index (χ3n) is 2.02. The zero-order chi connectivity index (χ0) is 10.0. The molecule has 0 N–H and O–H groups in total. The zero-order valence-electron chi connectivity index (χ0n) is 8.27. The lowest BCUT2D eigenvalue weighted by molar-refractivity contribution is 0.398. The standard InChI is InChI=1S/C10H13ClO2/c1-6-5-8(12-3)9(11)7(2)10(6)13-4/h5H,1-4H3. The number of halogens is 1. The molecule has 0 saturated carbocycles. The van der Waals surface area contributed by atoms with Gasteiger partial charge < -0.3 is 9.47 Å². The smallest absolute Gasteiger partial charge is 0.138 e. The summed E-state index contributed by atoms with van der Waals surface area (Å²) in [5, 5.41) is 0.616. The number of hydrogen-bond donors (Lipinski definition) is 0. The molecule has 3 heteroatoms. The minimum Gasteiger partial charge on any atom is -0.496 e. The quantitative estimate of drug-likeness (QED) is 0.731. The molecule has 0 heterocycles. The number of ether oxygens (including phenoxy) is 2. The van der Waals surface area contributed by atoms with E-state index in [0.717, 1.165) is 16.9 Å². The van der Waals surface area contributed by atoms with Crippen LogP contribution < -0.4 is 9.47 Å². The van der Waals surface area contributed by atoms with Crippen LogP contribution in [0.3, 0.4) is 0 Å². The maximum atomic E-state index is 6.04. The number of benzene rings is 1. The Bertz CT molecular complexity index is 321. The van der Waals surface area contributed by atoms with Crippen molar-refractivity contribution < 1.29 is 9.47 Å². The van der Waals surface area contributed by atoms with Crippen molar-refractivity contribution in [3.8, 4) is 11.5 Å². The van der Waals surface area contributed by atoms with Crippen LogP contribution in [0.1, 0.15) is 11.1 Å². The fraction of sp³-hybridized carbons (Fsp3) is 0.400. The Kier molecular flexibility index (Phi) is 3.04. The second-order valence-electron chi connectivity index (χ2n) is 2.87. The van der Waals surface area contributed by atoms with E-state index in [4.69, 9.17) is 21.1 Å². The van der Waals surface area contributed by atoms with Crippen molar-refractivity contribution in [1.82, 2.24) is 0 Å². The molecule has 0 aliphatic carbocycles. The number of methoxy groups -OCH3 is 2. The van der Waals surface area contributed by atoms with Gasteiger partial charge in [-0.25, -0.2) is 0 Å². The summed E-state index contributed by atoms with van der Waals surface area (Å²) in [6.07, 6.45) is 0. The Morgan fingerprint density at radius 1 is 1.15 bits per heavy atom. The molecule has 0 atom stereocenters. The van der Waals surface area contributed by atoms with Gasteiger partial charge in [0.25, 0.3) is 0 Å². The van der Waals surface area contributed by atoms with Gasteiger partial charge in [0.15, 0.2) is 0 Å². The summed E-state index contributed by atoms with van der Waals surface area (Å²) in [6, 6.07) is 1.87. The molecule has 0 radical (unpaired) electrons. The first-order valence-corrected chi connectivity index (χ1v) is 4.37. The second kappa shape index (κ2) is 3.88. The first-order chi connectivity index (χ1) is 6.11. The molecule has 72 valence electrons. The highest BCUT2D eigenvalue weighted by Gasteiger charge is 2.11. The van der Waals surface area contributed by atoms with E-state index in [1.807, 2.05) is 19.9 Å². The Hall–Kier alpha value is -0.890. The molecule has 0 amide bonds. The molecule has 1 rings (SSSR count). The highest BCUT2D eigenvalue weighted by atomic mass is 35.5. The minimum atomic E-state index is 0.616. The van der Waals surface area contributed by atoms with Gasteiger partial charge in [0.1, 0.15) is 11.5 Å². The molecule has 0 spiro atoms.